The number of hydrogen-bond acceptors (Lipinski definition) is 9. The van der Waals surface area contributed by atoms with Crippen LogP contribution in [0, 0.1) is 0 Å². The van der Waals surface area contributed by atoms with Crippen LogP contribution in [0.2, 0.25) is 0 Å². The van der Waals surface area contributed by atoms with Crippen molar-refractivity contribution in [2.45, 2.75) is 11.3 Å². The van der Waals surface area contributed by atoms with E-state index in [1.807, 2.05) is 17.5 Å². The van der Waals surface area contributed by atoms with Gasteiger partial charge < -0.3 is 5.32 Å². The Morgan fingerprint density at radius 1 is 1.09 bits per heavy atom. The van der Waals surface area contributed by atoms with Crippen LogP contribution in [-0.2, 0) is 19.6 Å². The lowest BCUT2D eigenvalue weighted by Gasteiger charge is -2.12. The highest BCUT2D eigenvalue weighted by Crippen LogP contribution is 2.33. The molecule has 9 nitrogen and oxygen atoms in total. The number of imide groups is 1. The van der Waals surface area contributed by atoms with Crippen molar-refractivity contribution in [2.75, 3.05) is 16.6 Å². The fraction of sp³-hybridized carbons (Fsp3) is 0.100. The zero-order valence-corrected chi connectivity index (χ0v) is 20.0. The molecule has 170 valence electrons. The lowest BCUT2D eigenvalue weighted by molar-refractivity contribution is -0.123. The standard InChI is InChI=1S/C20H16N4O5S4/c25-17(7-9-24-18(26)16(32-20(24)27)12-14-2-1-10-30-14)22-13-3-5-15(6-4-13)33(28,29)23-19-21-8-11-31-19/h1-6,8,10-12H,7,9H2,(H,21,23)(H,22,25)/b16-12-. The van der Waals surface area contributed by atoms with E-state index >= 15 is 0 Å². The number of anilines is 2. The second kappa shape index (κ2) is 9.87. The van der Waals surface area contributed by atoms with Gasteiger partial charge in [0.2, 0.25) is 5.91 Å². The third kappa shape index (κ3) is 5.68. The van der Waals surface area contributed by atoms with Gasteiger partial charge >= 0.3 is 0 Å². The van der Waals surface area contributed by atoms with Gasteiger partial charge in [0.25, 0.3) is 21.2 Å². The quantitative estimate of drug-likeness (QED) is 0.429. The van der Waals surface area contributed by atoms with E-state index in [1.165, 1.54) is 41.8 Å². The van der Waals surface area contributed by atoms with Crippen molar-refractivity contribution in [3.05, 3.63) is 63.1 Å². The maximum Gasteiger partial charge on any atom is 0.293 e. The van der Waals surface area contributed by atoms with Crippen LogP contribution >= 0.6 is 34.4 Å². The predicted octanol–water partition coefficient (Wildman–Crippen LogP) is 4.07. The first-order valence-electron chi connectivity index (χ1n) is 9.43. The number of benzene rings is 1. The number of nitrogens with one attached hydrogen (secondary N) is 2. The highest BCUT2D eigenvalue weighted by molar-refractivity contribution is 8.18. The van der Waals surface area contributed by atoms with Crippen LogP contribution in [0.4, 0.5) is 15.6 Å². The maximum atomic E-state index is 12.5. The number of hydrogen-bond donors (Lipinski definition) is 2. The van der Waals surface area contributed by atoms with Crippen LogP contribution in [0.3, 0.4) is 0 Å². The van der Waals surface area contributed by atoms with Crippen molar-refractivity contribution in [2.24, 2.45) is 0 Å². The van der Waals surface area contributed by atoms with Gasteiger partial charge in [-0.1, -0.05) is 6.07 Å². The van der Waals surface area contributed by atoms with E-state index in [9.17, 15) is 22.8 Å². The smallest absolute Gasteiger partial charge is 0.293 e. The van der Waals surface area contributed by atoms with Gasteiger partial charge in [-0.25, -0.2) is 13.4 Å². The topological polar surface area (TPSA) is 126 Å². The predicted molar refractivity (Wildman–Crippen MR) is 130 cm³/mol. The summed E-state index contributed by atoms with van der Waals surface area (Å²) in [6.07, 6.45) is 3.06. The minimum absolute atomic E-state index is 0.0195. The second-order valence-corrected chi connectivity index (χ2v) is 11.2. The van der Waals surface area contributed by atoms with E-state index in [0.29, 0.717) is 10.6 Å². The average molecular weight is 521 g/mol. The normalized spacial score (nSPS) is 15.3. The van der Waals surface area contributed by atoms with Gasteiger partial charge in [0, 0.05) is 35.1 Å². The molecule has 3 aromatic rings. The summed E-state index contributed by atoms with van der Waals surface area (Å²) in [4.78, 5) is 43.1. The average Bonchev–Trinajstić information content (AvgIpc) is 3.52. The number of sulfonamides is 1. The van der Waals surface area contributed by atoms with E-state index in [-0.39, 0.29) is 23.0 Å². The summed E-state index contributed by atoms with van der Waals surface area (Å²) in [5, 5.41) is 6.00. The van der Waals surface area contributed by atoms with Gasteiger partial charge in [0.05, 0.1) is 9.80 Å². The van der Waals surface area contributed by atoms with Crippen LogP contribution in [-0.4, -0.2) is 41.9 Å². The monoisotopic (exact) mass is 520 g/mol. The summed E-state index contributed by atoms with van der Waals surface area (Å²) in [5.74, 6) is -0.832. The Morgan fingerprint density at radius 3 is 2.55 bits per heavy atom. The van der Waals surface area contributed by atoms with Crippen molar-refractivity contribution in [1.29, 1.82) is 0 Å². The number of carbonyl (C=O) groups is 3. The SMILES string of the molecule is O=C(CCN1C(=O)S/C(=C\c2cccs2)C1=O)Nc1ccc(S(=O)(=O)Nc2nccs2)cc1. The van der Waals surface area contributed by atoms with Crippen molar-refractivity contribution in [3.63, 3.8) is 0 Å². The molecule has 1 saturated heterocycles. The molecule has 1 aliphatic rings. The number of amides is 3. The maximum absolute atomic E-state index is 12.5. The number of thioether (sulfide) groups is 1. The molecule has 1 aliphatic heterocycles. The molecule has 0 unspecified atom stereocenters. The minimum atomic E-state index is -3.79. The van der Waals surface area contributed by atoms with Crippen molar-refractivity contribution in [3.8, 4) is 0 Å². The molecular weight excluding hydrogens is 505 g/mol. The minimum Gasteiger partial charge on any atom is -0.326 e. The number of aromatic nitrogens is 1. The van der Waals surface area contributed by atoms with Gasteiger partial charge in [0.15, 0.2) is 5.13 Å². The van der Waals surface area contributed by atoms with Crippen LogP contribution in [0.1, 0.15) is 11.3 Å². The van der Waals surface area contributed by atoms with Gasteiger partial charge in [0.1, 0.15) is 0 Å². The third-order valence-electron chi connectivity index (χ3n) is 4.35. The van der Waals surface area contributed by atoms with E-state index in [2.05, 4.69) is 15.0 Å². The fourth-order valence-corrected chi connectivity index (χ4v) is 6.17. The molecule has 3 heterocycles. The zero-order chi connectivity index (χ0) is 23.4. The number of thiazole rings is 1. The Hall–Kier alpha value is -3.00. The first kappa shape index (κ1) is 23.2. The van der Waals surface area contributed by atoms with Crippen LogP contribution in [0.25, 0.3) is 6.08 Å². The molecule has 0 bridgehead atoms. The van der Waals surface area contributed by atoms with E-state index in [1.54, 1.807) is 11.5 Å². The Balaban J connectivity index is 1.32. The van der Waals surface area contributed by atoms with Crippen LogP contribution in [0.15, 0.2) is 63.2 Å². The van der Waals surface area contributed by atoms with Gasteiger partial charge in [-0.3, -0.25) is 24.0 Å². The van der Waals surface area contributed by atoms with E-state index in [0.717, 1.165) is 32.9 Å². The summed E-state index contributed by atoms with van der Waals surface area (Å²) in [6, 6.07) is 9.33. The highest BCUT2D eigenvalue weighted by Gasteiger charge is 2.35. The molecule has 4 rings (SSSR count). The molecular formula is C20H16N4O5S4. The van der Waals surface area contributed by atoms with Crippen molar-refractivity contribution < 1.29 is 22.8 Å². The third-order valence-corrected chi connectivity index (χ3v) is 8.25. The lowest BCUT2D eigenvalue weighted by atomic mass is 10.3. The Labute approximate surface area is 201 Å². The highest BCUT2D eigenvalue weighted by atomic mass is 32.2. The number of carbonyl (C=O) groups excluding carboxylic acids is 3. The van der Waals surface area contributed by atoms with Gasteiger partial charge in [-0.05, 0) is 53.5 Å². The first-order chi connectivity index (χ1) is 15.8. The molecule has 3 amide bonds. The summed E-state index contributed by atoms with van der Waals surface area (Å²) in [7, 11) is -3.79. The van der Waals surface area contributed by atoms with E-state index < -0.39 is 27.1 Å². The molecule has 0 spiro atoms. The molecule has 13 heteroatoms. The van der Waals surface area contributed by atoms with Gasteiger partial charge in [-0.15, -0.1) is 22.7 Å². The molecule has 1 aromatic carbocycles. The van der Waals surface area contributed by atoms with Crippen LogP contribution in [0.5, 0.6) is 0 Å². The Morgan fingerprint density at radius 2 is 1.88 bits per heavy atom. The number of nitrogens with zero attached hydrogens (tertiary/aromatic N) is 2. The van der Waals surface area contributed by atoms with Crippen LogP contribution < -0.4 is 10.0 Å². The molecule has 2 aromatic heterocycles. The lowest BCUT2D eigenvalue weighted by Crippen LogP contribution is -2.31. The Bertz CT molecular complexity index is 1300. The second-order valence-electron chi connectivity index (χ2n) is 6.61. The van der Waals surface area contributed by atoms with Gasteiger partial charge in [-0.2, -0.15) is 0 Å². The van der Waals surface area contributed by atoms with E-state index in [4.69, 9.17) is 0 Å². The zero-order valence-electron chi connectivity index (χ0n) is 16.8. The molecule has 0 aliphatic carbocycles. The molecule has 0 radical (unpaired) electrons. The Kier molecular flexibility index (Phi) is 6.93. The molecule has 2 N–H and O–H groups in total. The molecule has 0 atom stereocenters. The summed E-state index contributed by atoms with van der Waals surface area (Å²) in [6.45, 7) is -0.0531. The number of rotatable bonds is 8. The summed E-state index contributed by atoms with van der Waals surface area (Å²) >= 11 is 3.46. The molecule has 1 fully saturated rings. The largest absolute Gasteiger partial charge is 0.326 e. The van der Waals surface area contributed by atoms with Crippen molar-refractivity contribution in [1.82, 2.24) is 9.88 Å². The molecule has 0 saturated carbocycles. The first-order valence-corrected chi connectivity index (χ1v) is 13.5. The molecule has 33 heavy (non-hydrogen) atoms. The fourth-order valence-electron chi connectivity index (χ4n) is 2.80. The summed E-state index contributed by atoms with van der Waals surface area (Å²) < 4.78 is 27.1. The number of thiophene rings is 1. The van der Waals surface area contributed by atoms with Crippen molar-refractivity contribution >= 4 is 78.4 Å². The summed E-state index contributed by atoms with van der Waals surface area (Å²) in [5.41, 5.74) is 0.389.